The number of amides is 3. The molecule has 1 atom stereocenters. The summed E-state index contributed by atoms with van der Waals surface area (Å²) in [6.45, 7) is 9.91. The summed E-state index contributed by atoms with van der Waals surface area (Å²) in [5.41, 5.74) is 0.548. The van der Waals surface area contributed by atoms with Crippen LogP contribution in [0.3, 0.4) is 0 Å². The minimum absolute atomic E-state index is 0.269. The molecule has 2 aliphatic rings. The molecule has 2 fully saturated rings. The van der Waals surface area contributed by atoms with Gasteiger partial charge in [0.15, 0.2) is 0 Å². The standard InChI is InChI=1S/C23H34FN5O4/c1-23(2,3)33-22(32)25-9-4-10-28-11-13-29(14-12-28)19-7-5-16(15-17(19)24)26-18-6-8-20(30)27-21(18)31/h5,7,15,18,26H,4,6,8-14H2,1-3H3,(H,25,32)(H,27,30,31). The lowest BCUT2D eigenvalue weighted by Gasteiger charge is -2.36. The molecule has 0 spiro atoms. The number of nitrogens with one attached hydrogen (secondary N) is 3. The Kier molecular flexibility index (Phi) is 8.12. The molecule has 1 aromatic rings. The van der Waals surface area contributed by atoms with Crippen molar-refractivity contribution in [1.82, 2.24) is 15.5 Å². The van der Waals surface area contributed by atoms with Gasteiger partial charge in [0, 0.05) is 44.8 Å². The van der Waals surface area contributed by atoms with Crippen molar-refractivity contribution in [3.63, 3.8) is 0 Å². The van der Waals surface area contributed by atoms with Crippen molar-refractivity contribution < 1.29 is 23.5 Å². The molecule has 2 heterocycles. The Balaban J connectivity index is 1.41. The summed E-state index contributed by atoms with van der Waals surface area (Å²) in [7, 11) is 0. The van der Waals surface area contributed by atoms with Gasteiger partial charge in [0.25, 0.3) is 0 Å². The van der Waals surface area contributed by atoms with Gasteiger partial charge in [0.2, 0.25) is 11.8 Å². The van der Waals surface area contributed by atoms with E-state index in [2.05, 4.69) is 20.9 Å². The number of imide groups is 1. The second kappa shape index (κ2) is 10.8. The summed E-state index contributed by atoms with van der Waals surface area (Å²) >= 11 is 0. The van der Waals surface area contributed by atoms with Crippen LogP contribution in [0.25, 0.3) is 0 Å². The molecule has 0 saturated carbocycles. The molecule has 3 N–H and O–H groups in total. The molecular weight excluding hydrogens is 429 g/mol. The van der Waals surface area contributed by atoms with Gasteiger partial charge in [-0.2, -0.15) is 0 Å². The van der Waals surface area contributed by atoms with Gasteiger partial charge in [-0.15, -0.1) is 0 Å². The highest BCUT2D eigenvalue weighted by Crippen LogP contribution is 2.25. The van der Waals surface area contributed by atoms with E-state index < -0.39 is 17.7 Å². The highest BCUT2D eigenvalue weighted by atomic mass is 19.1. The molecule has 1 aromatic carbocycles. The molecule has 1 unspecified atom stereocenters. The smallest absolute Gasteiger partial charge is 0.407 e. The number of anilines is 2. The monoisotopic (exact) mass is 463 g/mol. The third-order valence-electron chi connectivity index (χ3n) is 5.56. The van der Waals surface area contributed by atoms with Gasteiger partial charge in [-0.25, -0.2) is 9.18 Å². The Labute approximate surface area is 194 Å². The summed E-state index contributed by atoms with van der Waals surface area (Å²) < 4.78 is 20.0. The Morgan fingerprint density at radius 2 is 1.94 bits per heavy atom. The van der Waals surface area contributed by atoms with Crippen molar-refractivity contribution in [3.8, 4) is 0 Å². The largest absolute Gasteiger partial charge is 0.444 e. The number of piperidine rings is 1. The van der Waals surface area contributed by atoms with E-state index in [-0.39, 0.29) is 24.1 Å². The van der Waals surface area contributed by atoms with Gasteiger partial charge >= 0.3 is 6.09 Å². The maximum absolute atomic E-state index is 14.8. The minimum Gasteiger partial charge on any atom is -0.444 e. The molecule has 0 radical (unpaired) electrons. The number of carbonyl (C=O) groups excluding carboxylic acids is 3. The van der Waals surface area contributed by atoms with E-state index >= 15 is 0 Å². The lowest BCUT2D eigenvalue weighted by molar-refractivity contribution is -0.133. The third kappa shape index (κ3) is 7.59. The van der Waals surface area contributed by atoms with E-state index in [1.54, 1.807) is 12.1 Å². The number of ether oxygens (including phenoxy) is 1. The number of piperazine rings is 1. The Morgan fingerprint density at radius 3 is 2.58 bits per heavy atom. The van der Waals surface area contributed by atoms with Crippen molar-refractivity contribution in [1.29, 1.82) is 0 Å². The molecule has 3 rings (SSSR count). The molecule has 2 saturated heterocycles. The van der Waals surface area contributed by atoms with Gasteiger partial charge in [-0.1, -0.05) is 0 Å². The number of nitrogens with zero attached hydrogens (tertiary/aromatic N) is 2. The van der Waals surface area contributed by atoms with Gasteiger partial charge in [0.1, 0.15) is 17.5 Å². The molecule has 182 valence electrons. The zero-order chi connectivity index (χ0) is 24.0. The lowest BCUT2D eigenvalue weighted by atomic mass is 10.1. The highest BCUT2D eigenvalue weighted by Gasteiger charge is 2.27. The SMILES string of the molecule is CC(C)(C)OC(=O)NCCCN1CCN(c2ccc(NC3CCC(=O)NC3=O)cc2F)CC1. The van der Waals surface area contributed by atoms with Gasteiger partial charge in [0.05, 0.1) is 5.69 Å². The quantitative estimate of drug-likeness (QED) is 0.420. The maximum Gasteiger partial charge on any atom is 0.407 e. The summed E-state index contributed by atoms with van der Waals surface area (Å²) in [6.07, 6.45) is 1.07. The van der Waals surface area contributed by atoms with E-state index in [4.69, 9.17) is 4.74 Å². The van der Waals surface area contributed by atoms with E-state index in [9.17, 15) is 18.8 Å². The van der Waals surface area contributed by atoms with Crippen LogP contribution in [0.15, 0.2) is 18.2 Å². The number of carbonyl (C=O) groups is 3. The van der Waals surface area contributed by atoms with Crippen LogP contribution in [0.2, 0.25) is 0 Å². The number of hydrogen-bond donors (Lipinski definition) is 3. The topological polar surface area (TPSA) is 103 Å². The molecule has 3 amide bonds. The third-order valence-corrected chi connectivity index (χ3v) is 5.56. The molecule has 0 aromatic heterocycles. The van der Waals surface area contributed by atoms with Crippen LogP contribution in [0, 0.1) is 5.82 Å². The minimum atomic E-state index is -0.540. The van der Waals surface area contributed by atoms with Crippen molar-refractivity contribution >= 4 is 29.3 Å². The lowest BCUT2D eigenvalue weighted by Crippen LogP contribution is -2.47. The van der Waals surface area contributed by atoms with Crippen LogP contribution in [-0.2, 0) is 14.3 Å². The van der Waals surface area contributed by atoms with Gasteiger partial charge < -0.3 is 20.3 Å². The molecule has 0 aliphatic carbocycles. The van der Waals surface area contributed by atoms with E-state index in [0.29, 0.717) is 37.4 Å². The van der Waals surface area contributed by atoms with Crippen molar-refractivity contribution in [2.45, 2.75) is 51.7 Å². The zero-order valence-electron chi connectivity index (χ0n) is 19.6. The fraction of sp³-hybridized carbons (Fsp3) is 0.609. The average molecular weight is 464 g/mol. The second-order valence-corrected chi connectivity index (χ2v) is 9.43. The van der Waals surface area contributed by atoms with Crippen LogP contribution in [0.1, 0.15) is 40.0 Å². The van der Waals surface area contributed by atoms with Crippen LogP contribution in [0.4, 0.5) is 20.6 Å². The average Bonchev–Trinajstić information content (AvgIpc) is 2.73. The Hall–Kier alpha value is -2.88. The number of benzene rings is 1. The van der Waals surface area contributed by atoms with Gasteiger partial charge in [-0.05, 0) is 58.4 Å². The Bertz CT molecular complexity index is 865. The fourth-order valence-electron chi connectivity index (χ4n) is 3.91. The van der Waals surface area contributed by atoms with Crippen LogP contribution >= 0.6 is 0 Å². The first-order chi connectivity index (χ1) is 15.6. The van der Waals surface area contributed by atoms with Gasteiger partial charge in [-0.3, -0.25) is 19.8 Å². The number of rotatable bonds is 7. The maximum atomic E-state index is 14.8. The number of halogens is 1. The number of hydrogen-bond acceptors (Lipinski definition) is 7. The predicted molar refractivity (Wildman–Crippen MR) is 124 cm³/mol. The van der Waals surface area contributed by atoms with E-state index in [1.165, 1.54) is 6.07 Å². The summed E-state index contributed by atoms with van der Waals surface area (Å²) in [4.78, 5) is 39.1. The molecule has 2 aliphatic heterocycles. The van der Waals surface area contributed by atoms with Crippen LogP contribution in [0.5, 0.6) is 0 Å². The van der Waals surface area contributed by atoms with E-state index in [0.717, 1.165) is 26.1 Å². The molecule has 33 heavy (non-hydrogen) atoms. The summed E-state index contributed by atoms with van der Waals surface area (Å²) in [6, 6.07) is 4.34. The summed E-state index contributed by atoms with van der Waals surface area (Å²) in [5, 5.41) is 8.06. The first-order valence-electron chi connectivity index (χ1n) is 11.4. The van der Waals surface area contributed by atoms with E-state index in [1.807, 2.05) is 25.7 Å². The summed E-state index contributed by atoms with van der Waals surface area (Å²) in [5.74, 6) is -1.01. The number of alkyl carbamates (subject to hydrolysis) is 1. The van der Waals surface area contributed by atoms with Crippen LogP contribution < -0.4 is 20.9 Å². The molecule has 9 nitrogen and oxygen atoms in total. The Morgan fingerprint density at radius 1 is 1.21 bits per heavy atom. The molecule has 0 bridgehead atoms. The zero-order valence-corrected chi connectivity index (χ0v) is 19.6. The van der Waals surface area contributed by atoms with Crippen molar-refractivity contribution in [3.05, 3.63) is 24.0 Å². The first kappa shape index (κ1) is 24.8. The van der Waals surface area contributed by atoms with Crippen molar-refractivity contribution in [2.24, 2.45) is 0 Å². The molecular formula is C23H34FN5O4. The fourth-order valence-corrected chi connectivity index (χ4v) is 3.91. The highest BCUT2D eigenvalue weighted by molar-refractivity contribution is 6.01. The van der Waals surface area contributed by atoms with Crippen molar-refractivity contribution in [2.75, 3.05) is 49.5 Å². The normalized spacial score (nSPS) is 19.8. The predicted octanol–water partition coefficient (Wildman–Crippen LogP) is 2.08. The molecule has 10 heteroatoms. The first-order valence-corrected chi connectivity index (χ1v) is 11.4. The van der Waals surface area contributed by atoms with Crippen LogP contribution in [-0.4, -0.2) is 73.7 Å². The second-order valence-electron chi connectivity index (χ2n) is 9.43.